The maximum atomic E-state index is 12.9. The number of aromatic nitrogens is 2. The van der Waals surface area contributed by atoms with Gasteiger partial charge in [-0.25, -0.2) is 4.98 Å². The minimum absolute atomic E-state index is 0.0227. The van der Waals surface area contributed by atoms with Crippen molar-refractivity contribution in [2.45, 2.75) is 24.4 Å². The molecule has 2 aliphatic rings. The molecule has 0 unspecified atom stereocenters. The van der Waals surface area contributed by atoms with Crippen LogP contribution >= 0.6 is 0 Å². The fourth-order valence-corrected chi connectivity index (χ4v) is 4.86. The van der Waals surface area contributed by atoms with Gasteiger partial charge >= 0.3 is 0 Å². The number of hydrogen-bond donors (Lipinski definition) is 1. The average Bonchev–Trinajstić information content (AvgIpc) is 2.87. The number of carbonyl (C=O) groups excluding carboxylic acids is 2. The molecule has 3 atom stereocenters. The molecule has 3 aromatic rings. The first kappa shape index (κ1) is 21.8. The molecule has 1 aromatic heterocycles. The fourth-order valence-electron chi connectivity index (χ4n) is 4.86. The highest BCUT2D eigenvalue weighted by atomic mass is 16.3. The van der Waals surface area contributed by atoms with Crippen molar-refractivity contribution in [2.75, 3.05) is 19.7 Å². The monoisotopic (exact) mass is 452 g/mol. The van der Waals surface area contributed by atoms with E-state index in [0.717, 1.165) is 11.1 Å². The Labute approximate surface area is 198 Å². The number of aliphatic hydroxyl groups is 1. The number of aliphatic hydroxyl groups excluding tert-OH is 1. The van der Waals surface area contributed by atoms with Gasteiger partial charge in [0.05, 0.1) is 24.9 Å². The van der Waals surface area contributed by atoms with Crippen LogP contribution in [-0.2, 0) is 11.2 Å². The Bertz CT molecular complexity index is 1240. The highest BCUT2D eigenvalue weighted by Gasteiger charge is 2.54. The van der Waals surface area contributed by atoms with E-state index in [9.17, 15) is 14.7 Å². The zero-order valence-electron chi connectivity index (χ0n) is 18.5. The van der Waals surface area contributed by atoms with Crippen molar-refractivity contribution in [3.05, 3.63) is 95.6 Å². The van der Waals surface area contributed by atoms with Gasteiger partial charge in [0.1, 0.15) is 12.2 Å². The molecule has 5 rings (SSSR count). The number of benzene rings is 2. The van der Waals surface area contributed by atoms with Crippen LogP contribution in [-0.4, -0.2) is 68.5 Å². The molecule has 2 amide bonds. The third-order valence-electron chi connectivity index (χ3n) is 6.49. The largest absolute Gasteiger partial charge is 0.394 e. The molecule has 1 N–H and O–H groups in total. The molecular weight excluding hydrogens is 428 g/mol. The zero-order chi connectivity index (χ0) is 23.5. The summed E-state index contributed by atoms with van der Waals surface area (Å²) >= 11 is 0. The van der Waals surface area contributed by atoms with Crippen molar-refractivity contribution in [1.29, 1.82) is 0 Å². The quantitative estimate of drug-likeness (QED) is 0.611. The predicted molar refractivity (Wildman–Crippen MR) is 126 cm³/mol. The molecule has 2 fully saturated rings. The molecule has 0 aliphatic carbocycles. The Kier molecular flexibility index (Phi) is 6.07. The molecule has 0 spiro atoms. The zero-order valence-corrected chi connectivity index (χ0v) is 18.5. The lowest BCUT2D eigenvalue weighted by molar-refractivity contribution is -0.159. The number of nitrogens with zero attached hydrogens (tertiary/aromatic N) is 4. The highest BCUT2D eigenvalue weighted by Crippen LogP contribution is 2.43. The summed E-state index contributed by atoms with van der Waals surface area (Å²) in [4.78, 5) is 36.9. The SMILES string of the molecule is O=C(c1cnccn1)N1CC(=O)N2[C@H](CO)[C@@H](c3ccc(C#CCc4ccccc4)cc3)[C@H]2C1. The first-order valence-electron chi connectivity index (χ1n) is 11.3. The molecular formula is C27H24N4O3. The van der Waals surface area contributed by atoms with Gasteiger partial charge in [0.25, 0.3) is 5.91 Å². The molecule has 0 saturated carbocycles. The minimum atomic E-state index is -0.309. The van der Waals surface area contributed by atoms with Crippen LogP contribution in [0, 0.1) is 11.8 Å². The summed E-state index contributed by atoms with van der Waals surface area (Å²) in [5, 5.41) is 9.99. The number of fused-ring (bicyclic) bond motifs is 1. The lowest BCUT2D eigenvalue weighted by Gasteiger charge is -2.58. The second-order valence-corrected chi connectivity index (χ2v) is 8.51. The molecule has 0 bridgehead atoms. The molecule has 170 valence electrons. The van der Waals surface area contributed by atoms with Crippen LogP contribution in [0.15, 0.2) is 73.2 Å². The van der Waals surface area contributed by atoms with Gasteiger partial charge in [-0.05, 0) is 23.3 Å². The Morgan fingerprint density at radius 2 is 1.88 bits per heavy atom. The standard InChI is InChI=1S/C27H24N4O3/c32-18-24-26(21-11-9-20(10-12-21)8-4-7-19-5-2-1-3-6-19)23-16-30(17-25(33)31(23)24)27(34)22-15-28-13-14-29-22/h1-3,5-6,9-15,23-24,26,32H,7,16-18H2/t23-,24-,26+/m1/s1. The van der Waals surface area contributed by atoms with E-state index in [1.165, 1.54) is 29.1 Å². The molecule has 3 heterocycles. The lowest BCUT2D eigenvalue weighted by atomic mass is 9.73. The Morgan fingerprint density at radius 3 is 2.59 bits per heavy atom. The van der Waals surface area contributed by atoms with Crippen LogP contribution in [0.3, 0.4) is 0 Å². The summed E-state index contributed by atoms with van der Waals surface area (Å²) in [7, 11) is 0. The maximum Gasteiger partial charge on any atom is 0.274 e. The fraction of sp³-hybridized carbons (Fsp3) is 0.259. The van der Waals surface area contributed by atoms with Crippen LogP contribution in [0.2, 0.25) is 0 Å². The van der Waals surface area contributed by atoms with E-state index >= 15 is 0 Å². The highest BCUT2D eigenvalue weighted by molar-refractivity contribution is 5.96. The van der Waals surface area contributed by atoms with Crippen LogP contribution in [0.4, 0.5) is 0 Å². The minimum Gasteiger partial charge on any atom is -0.394 e. The van der Waals surface area contributed by atoms with Crippen LogP contribution in [0.25, 0.3) is 0 Å². The summed E-state index contributed by atoms with van der Waals surface area (Å²) in [6.45, 7) is 0.246. The van der Waals surface area contributed by atoms with E-state index in [2.05, 4.69) is 33.9 Å². The molecule has 7 heteroatoms. The van der Waals surface area contributed by atoms with Gasteiger partial charge in [-0.1, -0.05) is 54.3 Å². The summed E-state index contributed by atoms with van der Waals surface area (Å²) in [6, 6.07) is 17.6. The van der Waals surface area contributed by atoms with Crippen molar-refractivity contribution < 1.29 is 14.7 Å². The van der Waals surface area contributed by atoms with Crippen molar-refractivity contribution in [1.82, 2.24) is 19.8 Å². The number of amides is 2. The van der Waals surface area contributed by atoms with Crippen molar-refractivity contribution in [3.63, 3.8) is 0 Å². The molecule has 2 aromatic carbocycles. The predicted octanol–water partition coefficient (Wildman–Crippen LogP) is 1.88. The maximum absolute atomic E-state index is 12.9. The second-order valence-electron chi connectivity index (χ2n) is 8.51. The summed E-state index contributed by atoms with van der Waals surface area (Å²) in [6.07, 6.45) is 5.06. The number of carbonyl (C=O) groups is 2. The van der Waals surface area contributed by atoms with Crippen LogP contribution in [0.5, 0.6) is 0 Å². The molecule has 7 nitrogen and oxygen atoms in total. The summed E-state index contributed by atoms with van der Waals surface area (Å²) in [5.74, 6) is 5.87. The number of piperazine rings is 1. The second kappa shape index (κ2) is 9.46. The first-order valence-corrected chi connectivity index (χ1v) is 11.3. The van der Waals surface area contributed by atoms with Gasteiger partial charge in [-0.2, -0.15) is 0 Å². The molecule has 2 aliphatic heterocycles. The van der Waals surface area contributed by atoms with Crippen LogP contribution < -0.4 is 0 Å². The first-order chi connectivity index (χ1) is 16.7. The van der Waals surface area contributed by atoms with Gasteiger partial charge in [-0.3, -0.25) is 14.6 Å². The Balaban J connectivity index is 1.31. The van der Waals surface area contributed by atoms with E-state index in [1.807, 2.05) is 42.5 Å². The van der Waals surface area contributed by atoms with Crippen LogP contribution in [0.1, 0.15) is 33.1 Å². The van der Waals surface area contributed by atoms with E-state index < -0.39 is 0 Å². The Morgan fingerprint density at radius 1 is 1.09 bits per heavy atom. The Hall–Kier alpha value is -4.02. The number of rotatable bonds is 4. The van der Waals surface area contributed by atoms with Crippen molar-refractivity contribution in [3.8, 4) is 11.8 Å². The van der Waals surface area contributed by atoms with Crippen molar-refractivity contribution in [2.24, 2.45) is 0 Å². The van der Waals surface area contributed by atoms with Gasteiger partial charge in [-0.15, -0.1) is 0 Å². The third-order valence-corrected chi connectivity index (χ3v) is 6.49. The van der Waals surface area contributed by atoms with Gasteiger partial charge < -0.3 is 14.9 Å². The van der Waals surface area contributed by atoms with E-state index in [0.29, 0.717) is 13.0 Å². The van der Waals surface area contributed by atoms with Crippen molar-refractivity contribution >= 4 is 11.8 Å². The van der Waals surface area contributed by atoms with E-state index in [-0.39, 0.29) is 48.7 Å². The van der Waals surface area contributed by atoms with E-state index in [4.69, 9.17) is 0 Å². The lowest BCUT2D eigenvalue weighted by Crippen LogP contribution is -2.73. The average molecular weight is 453 g/mol. The summed E-state index contributed by atoms with van der Waals surface area (Å²) in [5.41, 5.74) is 3.33. The summed E-state index contributed by atoms with van der Waals surface area (Å²) < 4.78 is 0. The van der Waals surface area contributed by atoms with E-state index in [1.54, 1.807) is 4.90 Å². The molecule has 34 heavy (non-hydrogen) atoms. The third kappa shape index (κ3) is 4.16. The normalized spacial score (nSPS) is 21.2. The topological polar surface area (TPSA) is 86.6 Å². The van der Waals surface area contributed by atoms with Gasteiger partial charge in [0.15, 0.2) is 0 Å². The smallest absolute Gasteiger partial charge is 0.274 e. The number of hydrogen-bond acceptors (Lipinski definition) is 5. The molecule has 0 radical (unpaired) electrons. The molecule has 2 saturated heterocycles. The van der Waals surface area contributed by atoms with Gasteiger partial charge in [0.2, 0.25) is 5.91 Å². The van der Waals surface area contributed by atoms with Gasteiger partial charge in [0, 0.05) is 36.8 Å².